The first-order valence-electron chi connectivity index (χ1n) is 9.57. The van der Waals surface area contributed by atoms with Gasteiger partial charge in [0, 0.05) is 23.0 Å². The van der Waals surface area contributed by atoms with Crippen LogP contribution in [-0.4, -0.2) is 36.4 Å². The Balaban J connectivity index is 1.53. The number of rotatable bonds is 8. The SMILES string of the molecule is COc1cc2nccc(Oc3cccc(CC(=O)Nc4nc(C=O)cs4)c3)c2cc1OC. The van der Waals surface area contributed by atoms with Gasteiger partial charge in [0.2, 0.25) is 5.91 Å². The molecule has 0 fully saturated rings. The van der Waals surface area contributed by atoms with Crippen LogP contribution in [0.2, 0.25) is 0 Å². The summed E-state index contributed by atoms with van der Waals surface area (Å²) in [4.78, 5) is 31.5. The molecule has 162 valence electrons. The smallest absolute Gasteiger partial charge is 0.230 e. The summed E-state index contributed by atoms with van der Waals surface area (Å²) in [5, 5.41) is 5.43. The van der Waals surface area contributed by atoms with Gasteiger partial charge in [0.05, 0.1) is 26.2 Å². The lowest BCUT2D eigenvalue weighted by Crippen LogP contribution is -2.14. The van der Waals surface area contributed by atoms with Gasteiger partial charge in [0.15, 0.2) is 22.9 Å². The van der Waals surface area contributed by atoms with E-state index in [4.69, 9.17) is 14.2 Å². The molecule has 0 unspecified atom stereocenters. The van der Waals surface area contributed by atoms with E-state index >= 15 is 0 Å². The van der Waals surface area contributed by atoms with Crippen molar-refractivity contribution in [2.75, 3.05) is 19.5 Å². The molecule has 0 atom stereocenters. The molecule has 1 amide bonds. The normalized spacial score (nSPS) is 10.6. The van der Waals surface area contributed by atoms with Crippen molar-refractivity contribution in [1.82, 2.24) is 9.97 Å². The van der Waals surface area contributed by atoms with Crippen LogP contribution < -0.4 is 19.5 Å². The van der Waals surface area contributed by atoms with E-state index in [-0.39, 0.29) is 12.3 Å². The Kier molecular flexibility index (Phi) is 6.27. The first-order chi connectivity index (χ1) is 15.6. The number of aldehydes is 1. The molecule has 0 radical (unpaired) electrons. The Labute approximate surface area is 187 Å². The van der Waals surface area contributed by atoms with Gasteiger partial charge in [-0.15, -0.1) is 11.3 Å². The number of nitrogens with one attached hydrogen (secondary N) is 1. The van der Waals surface area contributed by atoms with Crippen LogP contribution in [0, 0.1) is 0 Å². The highest BCUT2D eigenvalue weighted by Crippen LogP contribution is 2.36. The molecule has 2 aromatic heterocycles. The zero-order valence-electron chi connectivity index (χ0n) is 17.3. The van der Waals surface area contributed by atoms with Crippen molar-refractivity contribution >= 4 is 39.6 Å². The Morgan fingerprint density at radius 3 is 2.66 bits per heavy atom. The summed E-state index contributed by atoms with van der Waals surface area (Å²) in [5.74, 6) is 2.10. The number of amides is 1. The van der Waals surface area contributed by atoms with Gasteiger partial charge < -0.3 is 19.5 Å². The average Bonchev–Trinajstić information content (AvgIpc) is 3.26. The fourth-order valence-electron chi connectivity index (χ4n) is 3.13. The second kappa shape index (κ2) is 9.44. The molecular weight excluding hydrogens is 430 g/mol. The maximum atomic E-state index is 12.3. The lowest BCUT2D eigenvalue weighted by molar-refractivity contribution is -0.115. The molecule has 2 heterocycles. The van der Waals surface area contributed by atoms with Crippen LogP contribution in [0.15, 0.2) is 54.0 Å². The number of nitrogens with zero attached hydrogens (tertiary/aromatic N) is 2. The zero-order chi connectivity index (χ0) is 22.5. The molecule has 0 aliphatic carbocycles. The number of hydrogen-bond donors (Lipinski definition) is 1. The molecule has 9 heteroatoms. The molecule has 4 aromatic rings. The molecule has 0 bridgehead atoms. The van der Waals surface area contributed by atoms with Crippen LogP contribution in [-0.2, 0) is 11.2 Å². The number of fused-ring (bicyclic) bond motifs is 1. The van der Waals surface area contributed by atoms with Crippen LogP contribution in [0.1, 0.15) is 16.1 Å². The molecule has 32 heavy (non-hydrogen) atoms. The lowest BCUT2D eigenvalue weighted by Gasteiger charge is -2.13. The van der Waals surface area contributed by atoms with Crippen molar-refractivity contribution in [3.05, 3.63) is 65.3 Å². The summed E-state index contributed by atoms with van der Waals surface area (Å²) in [6.45, 7) is 0. The average molecular weight is 449 g/mol. The standard InChI is InChI=1S/C23H19N3O5S/c1-29-20-10-17-18(11-21(20)30-2)24-7-6-19(17)31-16-5-3-4-14(8-16)9-22(28)26-23-25-15(12-27)13-32-23/h3-8,10-13H,9H2,1-2H3,(H,25,26,28). The maximum absolute atomic E-state index is 12.3. The number of methoxy groups -OCH3 is 2. The summed E-state index contributed by atoms with van der Waals surface area (Å²) in [5.41, 5.74) is 1.76. The van der Waals surface area contributed by atoms with Crippen molar-refractivity contribution in [1.29, 1.82) is 0 Å². The summed E-state index contributed by atoms with van der Waals surface area (Å²) in [6.07, 6.45) is 2.43. The van der Waals surface area contributed by atoms with Crippen LogP contribution in [0.5, 0.6) is 23.0 Å². The number of anilines is 1. The zero-order valence-corrected chi connectivity index (χ0v) is 18.1. The van der Waals surface area contributed by atoms with Gasteiger partial charge in [0.25, 0.3) is 0 Å². The molecule has 0 aliphatic heterocycles. The summed E-state index contributed by atoms with van der Waals surface area (Å²) in [6, 6.07) is 12.6. The van der Waals surface area contributed by atoms with Crippen molar-refractivity contribution < 1.29 is 23.8 Å². The second-order valence-electron chi connectivity index (χ2n) is 6.70. The van der Waals surface area contributed by atoms with Gasteiger partial charge >= 0.3 is 0 Å². The minimum atomic E-state index is -0.236. The number of aromatic nitrogens is 2. The molecule has 8 nitrogen and oxygen atoms in total. The third-order valence-corrected chi connectivity index (χ3v) is 5.36. The van der Waals surface area contributed by atoms with Crippen molar-refractivity contribution in [3.8, 4) is 23.0 Å². The van der Waals surface area contributed by atoms with E-state index in [1.165, 1.54) is 11.3 Å². The van der Waals surface area contributed by atoms with Crippen molar-refractivity contribution in [2.24, 2.45) is 0 Å². The summed E-state index contributed by atoms with van der Waals surface area (Å²) < 4.78 is 16.8. The molecule has 0 saturated carbocycles. The van der Waals surface area contributed by atoms with E-state index in [1.54, 1.807) is 44.0 Å². The van der Waals surface area contributed by atoms with Gasteiger partial charge in [-0.2, -0.15) is 0 Å². The van der Waals surface area contributed by atoms with E-state index in [0.29, 0.717) is 45.6 Å². The number of pyridine rings is 1. The van der Waals surface area contributed by atoms with Gasteiger partial charge in [0.1, 0.15) is 17.2 Å². The highest BCUT2D eigenvalue weighted by atomic mass is 32.1. The Bertz CT molecular complexity index is 1290. The van der Waals surface area contributed by atoms with Crippen molar-refractivity contribution in [2.45, 2.75) is 6.42 Å². The predicted molar refractivity (Wildman–Crippen MR) is 121 cm³/mol. The largest absolute Gasteiger partial charge is 0.493 e. The van der Waals surface area contributed by atoms with Gasteiger partial charge in [-0.25, -0.2) is 4.98 Å². The Morgan fingerprint density at radius 1 is 1.09 bits per heavy atom. The fraction of sp³-hybridized carbons (Fsp3) is 0.130. The second-order valence-corrected chi connectivity index (χ2v) is 7.56. The highest BCUT2D eigenvalue weighted by Gasteiger charge is 2.12. The summed E-state index contributed by atoms with van der Waals surface area (Å²) in [7, 11) is 3.14. The third-order valence-electron chi connectivity index (χ3n) is 4.59. The number of carbonyl (C=O) groups excluding carboxylic acids is 2. The van der Waals surface area contributed by atoms with E-state index in [1.807, 2.05) is 24.3 Å². The number of benzene rings is 2. The fourth-order valence-corrected chi connectivity index (χ4v) is 3.80. The van der Waals surface area contributed by atoms with E-state index in [9.17, 15) is 9.59 Å². The first-order valence-corrected chi connectivity index (χ1v) is 10.5. The van der Waals surface area contributed by atoms with Crippen molar-refractivity contribution in [3.63, 3.8) is 0 Å². The van der Waals surface area contributed by atoms with Crippen LogP contribution in [0.4, 0.5) is 5.13 Å². The minimum absolute atomic E-state index is 0.134. The van der Waals surface area contributed by atoms with Crippen LogP contribution >= 0.6 is 11.3 Å². The van der Waals surface area contributed by atoms with E-state index < -0.39 is 0 Å². The lowest BCUT2D eigenvalue weighted by atomic mass is 10.1. The number of thiazole rings is 1. The van der Waals surface area contributed by atoms with Crippen LogP contribution in [0.25, 0.3) is 10.9 Å². The molecule has 0 spiro atoms. The van der Waals surface area contributed by atoms with Crippen LogP contribution in [0.3, 0.4) is 0 Å². The molecule has 0 saturated heterocycles. The maximum Gasteiger partial charge on any atom is 0.230 e. The Morgan fingerprint density at radius 2 is 1.91 bits per heavy atom. The molecule has 1 N–H and O–H groups in total. The van der Waals surface area contributed by atoms with Gasteiger partial charge in [-0.05, 0) is 29.8 Å². The number of ether oxygens (including phenoxy) is 3. The minimum Gasteiger partial charge on any atom is -0.493 e. The third kappa shape index (κ3) is 4.68. The molecule has 0 aliphatic rings. The number of hydrogen-bond acceptors (Lipinski definition) is 8. The Hall–Kier alpha value is -3.98. The topological polar surface area (TPSA) is 99.6 Å². The van der Waals surface area contributed by atoms with E-state index in [2.05, 4.69) is 15.3 Å². The van der Waals surface area contributed by atoms with Gasteiger partial charge in [-0.1, -0.05) is 12.1 Å². The quantitative estimate of drug-likeness (QED) is 0.396. The number of carbonyl (C=O) groups is 2. The van der Waals surface area contributed by atoms with Gasteiger partial charge in [-0.3, -0.25) is 14.6 Å². The van der Waals surface area contributed by atoms with E-state index in [0.717, 1.165) is 10.9 Å². The molecular formula is C23H19N3O5S. The predicted octanol–water partition coefficient (Wildman–Crippen LogP) is 4.49. The monoisotopic (exact) mass is 449 g/mol. The molecule has 2 aromatic carbocycles. The summed E-state index contributed by atoms with van der Waals surface area (Å²) >= 11 is 1.20. The molecule has 4 rings (SSSR count). The highest BCUT2D eigenvalue weighted by molar-refractivity contribution is 7.14. The first kappa shape index (κ1) is 21.3.